The van der Waals surface area contributed by atoms with Gasteiger partial charge < -0.3 is 15.0 Å². The average Bonchev–Trinajstić information content (AvgIpc) is 2.52. The average molecular weight is 301 g/mol. The predicted octanol–water partition coefficient (Wildman–Crippen LogP) is 0.920. The molecule has 0 aliphatic carbocycles. The van der Waals surface area contributed by atoms with Crippen molar-refractivity contribution in [3.63, 3.8) is 0 Å². The lowest BCUT2D eigenvalue weighted by molar-refractivity contribution is -0.145. The highest BCUT2D eigenvalue weighted by molar-refractivity contribution is 5.88. The zero-order chi connectivity index (χ0) is 16.1. The number of nitrogens with zero attached hydrogens (tertiary/aromatic N) is 2. The fraction of sp³-hybridized carbons (Fsp3) is 0.438. The summed E-state index contributed by atoms with van der Waals surface area (Å²) >= 11 is 0. The number of hydrogen-bond donors (Lipinski definition) is 1. The highest BCUT2D eigenvalue weighted by Gasteiger charge is 2.32. The summed E-state index contributed by atoms with van der Waals surface area (Å²) in [6.45, 7) is 4.72. The Hall–Kier alpha value is -2.55. The minimum Gasteiger partial charge on any atom is -0.479 e. The molecule has 1 atom stereocenters. The Balaban J connectivity index is 2.18. The molecule has 1 fully saturated rings. The van der Waals surface area contributed by atoms with Crippen LogP contribution in [0.4, 0.5) is 0 Å². The number of piperazine rings is 1. The molecule has 1 N–H and O–H groups in total. The van der Waals surface area contributed by atoms with Crippen molar-refractivity contribution in [1.29, 1.82) is 5.26 Å². The number of benzene rings is 1. The monoisotopic (exact) mass is 301 g/mol. The van der Waals surface area contributed by atoms with E-state index in [1.165, 1.54) is 4.90 Å². The molecule has 2 rings (SSSR count). The van der Waals surface area contributed by atoms with Crippen LogP contribution in [0.3, 0.4) is 0 Å². The second-order valence-electron chi connectivity index (χ2n) is 5.50. The predicted molar refractivity (Wildman–Crippen MR) is 80.0 cm³/mol. The zero-order valence-corrected chi connectivity index (χ0v) is 12.7. The van der Waals surface area contributed by atoms with Crippen LogP contribution in [0, 0.1) is 17.2 Å². The van der Waals surface area contributed by atoms with Gasteiger partial charge in [0.05, 0.1) is 12.1 Å². The number of nitrogens with one attached hydrogen (secondary N) is 1. The Bertz CT molecular complexity index is 607. The topological polar surface area (TPSA) is 82.4 Å². The molecule has 1 aromatic rings. The lowest BCUT2D eigenvalue weighted by Gasteiger charge is -2.31. The molecular weight excluding hydrogens is 282 g/mol. The maximum Gasteiger partial charge on any atom is 0.264 e. The van der Waals surface area contributed by atoms with Crippen LogP contribution in [0.1, 0.15) is 19.4 Å². The Morgan fingerprint density at radius 1 is 1.41 bits per heavy atom. The molecule has 6 nitrogen and oxygen atoms in total. The Labute approximate surface area is 129 Å². The van der Waals surface area contributed by atoms with Crippen molar-refractivity contribution < 1.29 is 14.3 Å². The van der Waals surface area contributed by atoms with Crippen molar-refractivity contribution in [2.75, 3.05) is 19.6 Å². The summed E-state index contributed by atoms with van der Waals surface area (Å²) in [5.74, 6) is -0.0835. The molecular formula is C16H19N3O3. The van der Waals surface area contributed by atoms with E-state index in [9.17, 15) is 9.59 Å². The third-order valence-electron chi connectivity index (χ3n) is 3.46. The van der Waals surface area contributed by atoms with Crippen molar-refractivity contribution in [3.05, 3.63) is 29.8 Å². The van der Waals surface area contributed by atoms with Gasteiger partial charge in [0, 0.05) is 13.1 Å². The van der Waals surface area contributed by atoms with E-state index in [4.69, 9.17) is 10.00 Å². The van der Waals surface area contributed by atoms with Crippen molar-refractivity contribution in [2.45, 2.75) is 20.0 Å². The van der Waals surface area contributed by atoms with E-state index >= 15 is 0 Å². The Morgan fingerprint density at radius 2 is 2.14 bits per heavy atom. The molecule has 1 aliphatic heterocycles. The third kappa shape index (κ3) is 3.55. The van der Waals surface area contributed by atoms with Crippen molar-refractivity contribution >= 4 is 11.8 Å². The van der Waals surface area contributed by atoms with Crippen molar-refractivity contribution in [2.24, 2.45) is 5.92 Å². The smallest absolute Gasteiger partial charge is 0.264 e. The first kappa shape index (κ1) is 15.8. The number of hydrogen-bond acceptors (Lipinski definition) is 4. The van der Waals surface area contributed by atoms with Crippen LogP contribution in [-0.4, -0.2) is 42.5 Å². The summed E-state index contributed by atoms with van der Waals surface area (Å²) in [6, 6.07) is 8.87. The van der Waals surface area contributed by atoms with Crippen molar-refractivity contribution in [1.82, 2.24) is 10.2 Å². The van der Waals surface area contributed by atoms with Gasteiger partial charge in [-0.2, -0.15) is 5.26 Å². The van der Waals surface area contributed by atoms with Gasteiger partial charge in [-0.25, -0.2) is 0 Å². The third-order valence-corrected chi connectivity index (χ3v) is 3.46. The summed E-state index contributed by atoms with van der Waals surface area (Å²) in [7, 11) is 0. The highest BCUT2D eigenvalue weighted by atomic mass is 16.5. The van der Waals surface area contributed by atoms with Gasteiger partial charge in [0.2, 0.25) is 5.91 Å². The van der Waals surface area contributed by atoms with E-state index in [1.54, 1.807) is 24.3 Å². The molecule has 1 aliphatic rings. The van der Waals surface area contributed by atoms with Gasteiger partial charge >= 0.3 is 0 Å². The van der Waals surface area contributed by atoms with Crippen molar-refractivity contribution in [3.8, 4) is 11.8 Å². The molecule has 0 aromatic heterocycles. The molecule has 116 valence electrons. The Morgan fingerprint density at radius 3 is 2.77 bits per heavy atom. The summed E-state index contributed by atoms with van der Waals surface area (Å²) in [6.07, 6.45) is -0.722. The SMILES string of the molecule is CC(C)C(Oc1ccccc1C#N)C(=O)N1CCNC(=O)C1. The normalized spacial score (nSPS) is 15.9. The largest absolute Gasteiger partial charge is 0.479 e. The number of nitriles is 1. The molecule has 0 spiro atoms. The lowest BCUT2D eigenvalue weighted by atomic mass is 10.0. The summed E-state index contributed by atoms with van der Waals surface area (Å²) in [5, 5.41) is 11.8. The van der Waals surface area contributed by atoms with E-state index in [0.717, 1.165) is 0 Å². The van der Waals surface area contributed by atoms with Gasteiger partial charge in [0.25, 0.3) is 5.91 Å². The Kier molecular flexibility index (Phi) is 4.99. The second-order valence-corrected chi connectivity index (χ2v) is 5.50. The molecule has 0 saturated carbocycles. The number of carbonyl (C=O) groups is 2. The number of ether oxygens (including phenoxy) is 1. The quantitative estimate of drug-likeness (QED) is 0.896. The highest BCUT2D eigenvalue weighted by Crippen LogP contribution is 2.22. The van der Waals surface area contributed by atoms with E-state index in [-0.39, 0.29) is 24.3 Å². The van der Waals surface area contributed by atoms with E-state index in [1.807, 2.05) is 13.8 Å². The number of amides is 2. The van der Waals surface area contributed by atoms with Gasteiger partial charge in [-0.15, -0.1) is 0 Å². The molecule has 1 heterocycles. The summed E-state index contributed by atoms with van der Waals surface area (Å²) < 4.78 is 5.80. The molecule has 6 heteroatoms. The number of carbonyl (C=O) groups excluding carboxylic acids is 2. The molecule has 1 unspecified atom stereocenters. The molecule has 0 bridgehead atoms. The summed E-state index contributed by atoms with van der Waals surface area (Å²) in [5.41, 5.74) is 0.386. The van der Waals surface area contributed by atoms with Crippen LogP contribution in [0.5, 0.6) is 5.75 Å². The van der Waals surface area contributed by atoms with E-state index < -0.39 is 6.10 Å². The zero-order valence-electron chi connectivity index (χ0n) is 12.7. The van der Waals surface area contributed by atoms with Crippen LogP contribution in [0.2, 0.25) is 0 Å². The maximum atomic E-state index is 12.6. The van der Waals surface area contributed by atoms with Gasteiger partial charge in [0.15, 0.2) is 6.10 Å². The van der Waals surface area contributed by atoms with Crippen LogP contribution in [0.25, 0.3) is 0 Å². The minimum atomic E-state index is -0.722. The van der Waals surface area contributed by atoms with E-state index in [2.05, 4.69) is 11.4 Å². The summed E-state index contributed by atoms with van der Waals surface area (Å²) in [4.78, 5) is 25.6. The van der Waals surface area contributed by atoms with Gasteiger partial charge in [-0.05, 0) is 18.1 Å². The van der Waals surface area contributed by atoms with Crippen LogP contribution in [-0.2, 0) is 9.59 Å². The molecule has 2 amide bonds. The van der Waals surface area contributed by atoms with Crippen LogP contribution < -0.4 is 10.1 Å². The maximum absolute atomic E-state index is 12.6. The van der Waals surface area contributed by atoms with Crippen LogP contribution in [0.15, 0.2) is 24.3 Å². The molecule has 22 heavy (non-hydrogen) atoms. The first-order valence-electron chi connectivity index (χ1n) is 7.24. The molecule has 1 aromatic carbocycles. The lowest BCUT2D eigenvalue weighted by Crippen LogP contribution is -2.54. The van der Waals surface area contributed by atoms with Gasteiger partial charge in [-0.3, -0.25) is 9.59 Å². The first-order valence-corrected chi connectivity index (χ1v) is 7.24. The minimum absolute atomic E-state index is 0.0469. The standard InChI is InChI=1S/C16H19N3O3/c1-11(2)15(16(21)19-8-7-18-14(20)10-19)22-13-6-4-3-5-12(13)9-17/h3-6,11,15H,7-8,10H2,1-2H3,(H,18,20). The second kappa shape index (κ2) is 6.94. The number of para-hydroxylation sites is 1. The van der Waals surface area contributed by atoms with Gasteiger partial charge in [0.1, 0.15) is 11.8 Å². The van der Waals surface area contributed by atoms with Crippen LogP contribution >= 0.6 is 0 Å². The fourth-order valence-electron chi connectivity index (χ4n) is 2.28. The number of rotatable bonds is 4. The molecule has 1 saturated heterocycles. The fourth-order valence-corrected chi connectivity index (χ4v) is 2.28. The first-order chi connectivity index (χ1) is 10.5. The van der Waals surface area contributed by atoms with Gasteiger partial charge in [-0.1, -0.05) is 26.0 Å². The van der Waals surface area contributed by atoms with E-state index in [0.29, 0.717) is 24.4 Å². The molecule has 0 radical (unpaired) electrons.